The number of hydrogen-bond donors (Lipinski definition) is 2. The van der Waals surface area contributed by atoms with Crippen molar-refractivity contribution < 1.29 is 14.6 Å². The number of hydrogen-bond acceptors (Lipinski definition) is 2. The summed E-state index contributed by atoms with van der Waals surface area (Å²) in [4.78, 5) is 27.5. The second-order valence-corrected chi connectivity index (χ2v) is 6.39. The number of carbonyl (C=O) groups excluding carboxylic acids is 2. The van der Waals surface area contributed by atoms with E-state index in [0.717, 1.165) is 15.6 Å². The molecule has 1 amide bonds. The van der Waals surface area contributed by atoms with E-state index in [9.17, 15) is 9.59 Å². The summed E-state index contributed by atoms with van der Waals surface area (Å²) in [7, 11) is 0. The molecule has 2 N–H and O–H groups in total. The van der Waals surface area contributed by atoms with Crippen molar-refractivity contribution in [2.24, 2.45) is 5.92 Å². The standard InChI is InChI=1S/C19H15BrN2O2/c20-15-8-6-13(7-9-15)10-17-18(23)16(19(24)22-17)12-21-11-14-4-2-1-3-5-14/h1-10,12,16H,11H2,(H,22,24)/p+1. The maximum absolute atomic E-state index is 12.4. The zero-order chi connectivity index (χ0) is 16.9. The molecule has 5 heteroatoms. The van der Waals surface area contributed by atoms with Crippen LogP contribution in [0.15, 0.2) is 64.8 Å². The molecule has 1 atom stereocenters. The lowest BCUT2D eigenvalue weighted by Crippen LogP contribution is -2.68. The average molecular weight is 384 g/mol. The van der Waals surface area contributed by atoms with Gasteiger partial charge in [-0.1, -0.05) is 58.4 Å². The van der Waals surface area contributed by atoms with Crippen LogP contribution in [0.25, 0.3) is 6.08 Å². The lowest BCUT2D eigenvalue weighted by Gasteiger charge is -1.97. The van der Waals surface area contributed by atoms with Gasteiger partial charge < -0.3 is 5.32 Å². The fourth-order valence-corrected chi connectivity index (χ4v) is 2.70. The van der Waals surface area contributed by atoms with Gasteiger partial charge in [0.05, 0.1) is 5.70 Å². The molecular formula is C19H16BrN2O2+. The van der Waals surface area contributed by atoms with Gasteiger partial charge in [-0.2, -0.15) is 0 Å². The molecule has 24 heavy (non-hydrogen) atoms. The van der Waals surface area contributed by atoms with Crippen LogP contribution >= 0.6 is 15.9 Å². The minimum absolute atomic E-state index is 0.219. The molecule has 120 valence electrons. The number of allylic oxidation sites excluding steroid dienone is 1. The van der Waals surface area contributed by atoms with Crippen LogP contribution in [-0.2, 0) is 16.1 Å². The molecule has 1 saturated heterocycles. The Morgan fingerprint density at radius 2 is 1.75 bits per heavy atom. The first kappa shape index (κ1) is 16.3. The summed E-state index contributed by atoms with van der Waals surface area (Å²) in [5.74, 6) is -1.32. The van der Waals surface area contributed by atoms with Gasteiger partial charge in [-0.15, -0.1) is 0 Å². The number of nitrogens with one attached hydrogen (secondary N) is 2. The maximum atomic E-state index is 12.4. The predicted molar refractivity (Wildman–Crippen MR) is 95.9 cm³/mol. The van der Waals surface area contributed by atoms with Crippen LogP contribution in [-0.4, -0.2) is 17.9 Å². The molecule has 0 spiro atoms. The summed E-state index contributed by atoms with van der Waals surface area (Å²) in [5, 5.41) is 2.66. The van der Waals surface area contributed by atoms with Gasteiger partial charge in [-0.25, -0.2) is 4.99 Å². The first-order chi connectivity index (χ1) is 11.6. The summed E-state index contributed by atoms with van der Waals surface area (Å²) in [6.45, 7) is 0.573. The number of benzene rings is 2. The maximum Gasteiger partial charge on any atom is 0.245 e. The monoisotopic (exact) mass is 383 g/mol. The van der Waals surface area contributed by atoms with Crippen LogP contribution in [0.2, 0.25) is 0 Å². The van der Waals surface area contributed by atoms with Crippen molar-refractivity contribution in [3.05, 3.63) is 75.9 Å². The van der Waals surface area contributed by atoms with E-state index in [-0.39, 0.29) is 11.7 Å². The molecule has 2 aromatic carbocycles. The van der Waals surface area contributed by atoms with Gasteiger partial charge in [0.2, 0.25) is 11.7 Å². The lowest BCUT2D eigenvalue weighted by atomic mass is 10.1. The van der Waals surface area contributed by atoms with E-state index in [0.29, 0.717) is 12.2 Å². The first-order valence-electron chi connectivity index (χ1n) is 7.56. The Morgan fingerprint density at radius 1 is 1.04 bits per heavy atom. The van der Waals surface area contributed by atoms with E-state index in [1.54, 1.807) is 12.3 Å². The van der Waals surface area contributed by atoms with Crippen molar-refractivity contribution in [1.29, 1.82) is 0 Å². The highest BCUT2D eigenvalue weighted by atomic mass is 79.9. The van der Waals surface area contributed by atoms with Gasteiger partial charge in [0.25, 0.3) is 0 Å². The van der Waals surface area contributed by atoms with E-state index in [4.69, 9.17) is 0 Å². The third-order valence-corrected chi connectivity index (χ3v) is 4.23. The largest absolute Gasteiger partial charge is 0.322 e. The molecule has 1 aliphatic heterocycles. The molecule has 1 unspecified atom stereocenters. The van der Waals surface area contributed by atoms with Crippen LogP contribution in [0, 0.1) is 5.92 Å². The topological polar surface area (TPSA) is 60.1 Å². The number of rotatable bonds is 4. The highest BCUT2D eigenvalue weighted by Crippen LogP contribution is 2.17. The molecule has 1 aliphatic rings. The van der Waals surface area contributed by atoms with Gasteiger partial charge in [0.1, 0.15) is 0 Å². The van der Waals surface area contributed by atoms with Crippen molar-refractivity contribution in [2.45, 2.75) is 6.54 Å². The predicted octanol–water partition coefficient (Wildman–Crippen LogP) is 1.46. The van der Waals surface area contributed by atoms with E-state index < -0.39 is 5.92 Å². The highest BCUT2D eigenvalue weighted by molar-refractivity contribution is 9.10. The smallest absolute Gasteiger partial charge is 0.245 e. The molecule has 1 fully saturated rings. The van der Waals surface area contributed by atoms with Gasteiger partial charge >= 0.3 is 0 Å². The van der Waals surface area contributed by atoms with Gasteiger partial charge in [0, 0.05) is 10.0 Å². The Balaban J connectivity index is 1.71. The highest BCUT2D eigenvalue weighted by Gasteiger charge is 2.37. The number of amides is 1. The molecule has 0 bridgehead atoms. The molecule has 3 rings (SSSR count). The molecule has 4 nitrogen and oxygen atoms in total. The van der Waals surface area contributed by atoms with E-state index in [1.807, 2.05) is 54.6 Å². The first-order valence-corrected chi connectivity index (χ1v) is 8.36. The van der Waals surface area contributed by atoms with Crippen molar-refractivity contribution in [3.8, 4) is 0 Å². The third-order valence-electron chi connectivity index (χ3n) is 3.70. The second-order valence-electron chi connectivity index (χ2n) is 5.47. The summed E-state index contributed by atoms with van der Waals surface area (Å²) in [6.07, 6.45) is 3.25. The molecule has 2 aromatic rings. The van der Waals surface area contributed by atoms with Crippen molar-refractivity contribution >= 4 is 39.9 Å². The van der Waals surface area contributed by atoms with Crippen LogP contribution in [0.4, 0.5) is 0 Å². The zero-order valence-electron chi connectivity index (χ0n) is 12.8. The fraction of sp³-hybridized carbons (Fsp3) is 0.105. The Labute approximate surface area is 148 Å². The normalized spacial score (nSPS) is 19.2. The quantitative estimate of drug-likeness (QED) is 0.477. The summed E-state index contributed by atoms with van der Waals surface area (Å²) in [6, 6.07) is 17.3. The number of halogens is 1. The summed E-state index contributed by atoms with van der Waals surface area (Å²) >= 11 is 3.37. The Kier molecular flexibility index (Phi) is 5.01. The van der Waals surface area contributed by atoms with Gasteiger partial charge in [-0.05, 0) is 23.8 Å². The number of Topliss-reactive ketones (excluding diaryl/α,β-unsaturated/α-hetero) is 1. The van der Waals surface area contributed by atoms with Crippen LogP contribution in [0.3, 0.4) is 0 Å². The van der Waals surface area contributed by atoms with E-state index >= 15 is 0 Å². The molecule has 0 aromatic heterocycles. The van der Waals surface area contributed by atoms with Gasteiger partial charge in [0.15, 0.2) is 18.7 Å². The number of ketones is 1. The Morgan fingerprint density at radius 3 is 2.46 bits per heavy atom. The van der Waals surface area contributed by atoms with E-state index in [2.05, 4.69) is 26.2 Å². The number of carbonyl (C=O) groups is 2. The summed E-state index contributed by atoms with van der Waals surface area (Å²) in [5.41, 5.74) is 2.27. The van der Waals surface area contributed by atoms with Gasteiger partial charge in [-0.3, -0.25) is 9.59 Å². The fourth-order valence-electron chi connectivity index (χ4n) is 2.43. The summed E-state index contributed by atoms with van der Waals surface area (Å²) < 4.78 is 0.961. The molecular weight excluding hydrogens is 368 g/mol. The van der Waals surface area contributed by atoms with Crippen LogP contribution in [0.1, 0.15) is 11.1 Å². The second kappa shape index (κ2) is 7.36. The Bertz CT molecular complexity index is 811. The van der Waals surface area contributed by atoms with E-state index in [1.165, 1.54) is 0 Å². The SMILES string of the molecule is O=C1NC(=Cc2ccc(Br)cc2)C(=O)C1C=[NH+]Cc1ccccc1. The molecule has 0 aliphatic carbocycles. The van der Waals surface area contributed by atoms with Crippen molar-refractivity contribution in [2.75, 3.05) is 0 Å². The lowest BCUT2D eigenvalue weighted by molar-refractivity contribution is -0.471. The minimum atomic E-state index is -0.796. The molecule has 1 heterocycles. The average Bonchev–Trinajstić information content (AvgIpc) is 2.85. The molecule has 0 saturated carbocycles. The zero-order valence-corrected chi connectivity index (χ0v) is 14.4. The van der Waals surface area contributed by atoms with Crippen molar-refractivity contribution in [3.63, 3.8) is 0 Å². The van der Waals surface area contributed by atoms with Crippen LogP contribution < -0.4 is 10.3 Å². The molecule has 0 radical (unpaired) electrons. The Hall–Kier alpha value is -2.53. The third kappa shape index (κ3) is 3.86. The van der Waals surface area contributed by atoms with Crippen molar-refractivity contribution in [1.82, 2.24) is 5.32 Å². The van der Waals surface area contributed by atoms with Crippen LogP contribution in [0.5, 0.6) is 0 Å². The minimum Gasteiger partial charge on any atom is -0.322 e.